The van der Waals surface area contributed by atoms with Crippen LogP contribution in [0, 0.1) is 11.7 Å². The lowest BCUT2D eigenvalue weighted by atomic mass is 9.93. The third kappa shape index (κ3) is 6.28. The van der Waals surface area contributed by atoms with E-state index in [0.29, 0.717) is 31.0 Å². The van der Waals surface area contributed by atoms with Gasteiger partial charge in [-0.25, -0.2) is 4.39 Å². The maximum atomic E-state index is 13.7. The van der Waals surface area contributed by atoms with Gasteiger partial charge in [0, 0.05) is 25.1 Å². The SMILES string of the molecule is CN(C)Cc1cc(CNC(=O)CCC2CCNCC2)ccc1F. The van der Waals surface area contributed by atoms with Gasteiger partial charge in [0.2, 0.25) is 5.91 Å². The third-order valence-electron chi connectivity index (χ3n) is 4.32. The zero-order valence-corrected chi connectivity index (χ0v) is 14.2. The first-order valence-corrected chi connectivity index (χ1v) is 8.44. The molecule has 0 radical (unpaired) electrons. The number of hydrogen-bond donors (Lipinski definition) is 2. The van der Waals surface area contributed by atoms with Gasteiger partial charge in [-0.15, -0.1) is 0 Å². The van der Waals surface area contributed by atoms with Crippen molar-refractivity contribution in [1.82, 2.24) is 15.5 Å². The molecule has 1 aliphatic rings. The van der Waals surface area contributed by atoms with E-state index in [1.807, 2.05) is 25.1 Å². The number of piperidine rings is 1. The number of carbonyl (C=O) groups is 1. The summed E-state index contributed by atoms with van der Waals surface area (Å²) in [4.78, 5) is 13.9. The Morgan fingerprint density at radius 2 is 2.09 bits per heavy atom. The Hall–Kier alpha value is -1.46. The van der Waals surface area contributed by atoms with Crippen molar-refractivity contribution in [3.8, 4) is 0 Å². The van der Waals surface area contributed by atoms with E-state index in [4.69, 9.17) is 0 Å². The van der Waals surface area contributed by atoms with Crippen LogP contribution in [0.15, 0.2) is 18.2 Å². The molecular weight excluding hydrogens is 293 g/mol. The van der Waals surface area contributed by atoms with Crippen LogP contribution in [0.4, 0.5) is 4.39 Å². The second kappa shape index (κ2) is 8.99. The fraction of sp³-hybridized carbons (Fsp3) is 0.611. The van der Waals surface area contributed by atoms with Crippen molar-refractivity contribution in [3.63, 3.8) is 0 Å². The topological polar surface area (TPSA) is 44.4 Å². The summed E-state index contributed by atoms with van der Waals surface area (Å²) >= 11 is 0. The molecule has 128 valence electrons. The normalized spacial score (nSPS) is 15.8. The van der Waals surface area contributed by atoms with Crippen molar-refractivity contribution in [2.24, 2.45) is 5.92 Å². The summed E-state index contributed by atoms with van der Waals surface area (Å²) in [6.45, 7) is 3.15. The average Bonchev–Trinajstić information content (AvgIpc) is 2.54. The van der Waals surface area contributed by atoms with E-state index in [0.717, 1.165) is 25.1 Å². The Morgan fingerprint density at radius 3 is 2.78 bits per heavy atom. The summed E-state index contributed by atoms with van der Waals surface area (Å²) in [6.07, 6.45) is 3.87. The Balaban J connectivity index is 1.77. The van der Waals surface area contributed by atoms with Gasteiger partial charge in [-0.1, -0.05) is 6.07 Å². The first-order valence-electron chi connectivity index (χ1n) is 8.44. The molecular formula is C18H28FN3O. The van der Waals surface area contributed by atoms with E-state index in [9.17, 15) is 9.18 Å². The van der Waals surface area contributed by atoms with Crippen molar-refractivity contribution in [1.29, 1.82) is 0 Å². The molecule has 23 heavy (non-hydrogen) atoms. The van der Waals surface area contributed by atoms with Crippen molar-refractivity contribution in [2.75, 3.05) is 27.2 Å². The first kappa shape index (κ1) is 17.9. The highest BCUT2D eigenvalue weighted by Gasteiger charge is 2.14. The van der Waals surface area contributed by atoms with Gasteiger partial charge in [-0.3, -0.25) is 4.79 Å². The first-order chi connectivity index (χ1) is 11.0. The van der Waals surface area contributed by atoms with Crippen molar-refractivity contribution in [3.05, 3.63) is 35.1 Å². The fourth-order valence-electron chi connectivity index (χ4n) is 2.99. The van der Waals surface area contributed by atoms with E-state index in [2.05, 4.69) is 10.6 Å². The van der Waals surface area contributed by atoms with E-state index in [1.165, 1.54) is 18.9 Å². The number of amides is 1. The van der Waals surface area contributed by atoms with Crippen LogP contribution in [0.25, 0.3) is 0 Å². The number of carbonyl (C=O) groups excluding carboxylic acids is 1. The number of hydrogen-bond acceptors (Lipinski definition) is 3. The number of rotatable bonds is 7. The molecule has 0 spiro atoms. The van der Waals surface area contributed by atoms with Gasteiger partial charge in [0.1, 0.15) is 5.82 Å². The van der Waals surface area contributed by atoms with Gasteiger partial charge in [0.25, 0.3) is 0 Å². The minimum atomic E-state index is -0.195. The average molecular weight is 321 g/mol. The predicted molar refractivity (Wildman–Crippen MR) is 90.5 cm³/mol. The standard InChI is InChI=1S/C18H28FN3O/c1-22(2)13-16-11-15(3-5-17(16)19)12-21-18(23)6-4-14-7-9-20-10-8-14/h3,5,11,14,20H,4,6-10,12-13H2,1-2H3,(H,21,23). The molecule has 4 nitrogen and oxygen atoms in total. The molecule has 1 aromatic carbocycles. The number of benzene rings is 1. The molecule has 0 unspecified atom stereocenters. The van der Waals surface area contributed by atoms with Gasteiger partial charge >= 0.3 is 0 Å². The Bertz CT molecular complexity index is 513. The summed E-state index contributed by atoms with van der Waals surface area (Å²) in [6, 6.07) is 5.05. The number of nitrogens with zero attached hydrogens (tertiary/aromatic N) is 1. The fourth-order valence-corrected chi connectivity index (χ4v) is 2.99. The van der Waals surface area contributed by atoms with Gasteiger partial charge in [0.05, 0.1) is 0 Å². The van der Waals surface area contributed by atoms with Gasteiger partial charge in [-0.05, 0) is 70.1 Å². The number of nitrogens with one attached hydrogen (secondary N) is 2. The van der Waals surface area contributed by atoms with Crippen LogP contribution in [0.3, 0.4) is 0 Å². The zero-order valence-electron chi connectivity index (χ0n) is 14.2. The van der Waals surface area contributed by atoms with Gasteiger partial charge < -0.3 is 15.5 Å². The summed E-state index contributed by atoms with van der Waals surface area (Å²) in [5, 5.41) is 6.29. The monoisotopic (exact) mass is 321 g/mol. The van der Waals surface area contributed by atoms with Crippen LogP contribution in [-0.4, -0.2) is 38.0 Å². The lowest BCUT2D eigenvalue weighted by Crippen LogP contribution is -2.29. The lowest BCUT2D eigenvalue weighted by Gasteiger charge is -2.22. The summed E-state index contributed by atoms with van der Waals surface area (Å²) in [5.41, 5.74) is 1.61. The van der Waals surface area contributed by atoms with Crippen LogP contribution in [0.2, 0.25) is 0 Å². The van der Waals surface area contributed by atoms with Gasteiger partial charge in [0.15, 0.2) is 0 Å². The Labute approximate surface area is 138 Å². The minimum Gasteiger partial charge on any atom is -0.352 e. The van der Waals surface area contributed by atoms with Crippen LogP contribution in [0.1, 0.15) is 36.8 Å². The van der Waals surface area contributed by atoms with Crippen LogP contribution >= 0.6 is 0 Å². The Kier molecular flexibility index (Phi) is 6.99. The van der Waals surface area contributed by atoms with Crippen molar-refractivity contribution in [2.45, 2.75) is 38.8 Å². The molecule has 1 saturated heterocycles. The molecule has 0 bridgehead atoms. The van der Waals surface area contributed by atoms with Crippen molar-refractivity contribution < 1.29 is 9.18 Å². The lowest BCUT2D eigenvalue weighted by molar-refractivity contribution is -0.121. The third-order valence-corrected chi connectivity index (χ3v) is 4.32. The highest BCUT2D eigenvalue weighted by atomic mass is 19.1. The maximum Gasteiger partial charge on any atom is 0.220 e. The summed E-state index contributed by atoms with van der Waals surface area (Å²) < 4.78 is 13.7. The molecule has 1 aromatic rings. The molecule has 1 aliphatic heterocycles. The van der Waals surface area contributed by atoms with Gasteiger partial charge in [-0.2, -0.15) is 0 Å². The molecule has 1 amide bonds. The highest BCUT2D eigenvalue weighted by molar-refractivity contribution is 5.75. The molecule has 0 aromatic heterocycles. The predicted octanol–water partition coefficient (Wildman–Crippen LogP) is 2.28. The van der Waals surface area contributed by atoms with E-state index in [-0.39, 0.29) is 11.7 Å². The van der Waals surface area contributed by atoms with E-state index < -0.39 is 0 Å². The smallest absolute Gasteiger partial charge is 0.220 e. The van der Waals surface area contributed by atoms with Crippen molar-refractivity contribution >= 4 is 5.91 Å². The maximum absolute atomic E-state index is 13.7. The number of halogens is 1. The summed E-state index contributed by atoms with van der Waals surface area (Å²) in [7, 11) is 3.82. The molecule has 1 fully saturated rings. The summed E-state index contributed by atoms with van der Waals surface area (Å²) in [5.74, 6) is 0.557. The van der Waals surface area contributed by atoms with E-state index in [1.54, 1.807) is 6.07 Å². The molecule has 0 aliphatic carbocycles. The molecule has 5 heteroatoms. The minimum absolute atomic E-state index is 0.0852. The molecule has 0 saturated carbocycles. The zero-order chi connectivity index (χ0) is 16.7. The molecule has 1 heterocycles. The molecule has 0 atom stereocenters. The van der Waals surface area contributed by atoms with E-state index >= 15 is 0 Å². The quantitative estimate of drug-likeness (QED) is 0.810. The van der Waals surface area contributed by atoms with Crippen LogP contribution in [-0.2, 0) is 17.9 Å². The second-order valence-electron chi connectivity index (χ2n) is 6.67. The largest absolute Gasteiger partial charge is 0.352 e. The highest BCUT2D eigenvalue weighted by Crippen LogP contribution is 2.17. The van der Waals surface area contributed by atoms with Crippen LogP contribution < -0.4 is 10.6 Å². The van der Waals surface area contributed by atoms with Crippen LogP contribution in [0.5, 0.6) is 0 Å². The second-order valence-corrected chi connectivity index (χ2v) is 6.67. The Morgan fingerprint density at radius 1 is 1.35 bits per heavy atom. The molecule has 2 N–H and O–H groups in total. The molecule has 2 rings (SSSR count).